The van der Waals surface area contributed by atoms with Crippen LogP contribution in [-0.4, -0.2) is 28.5 Å². The molecule has 0 unspecified atom stereocenters. The Morgan fingerprint density at radius 1 is 0.686 bits per heavy atom. The first-order chi connectivity index (χ1) is 16.9. The predicted molar refractivity (Wildman–Crippen MR) is 142 cm³/mol. The molecule has 0 aliphatic rings. The van der Waals surface area contributed by atoms with E-state index in [0.717, 1.165) is 5.56 Å². The van der Waals surface area contributed by atoms with E-state index >= 15 is 0 Å². The van der Waals surface area contributed by atoms with Crippen molar-refractivity contribution in [2.24, 2.45) is 0 Å². The first-order valence-electron chi connectivity index (χ1n) is 11.8. The number of nitrogens with zero attached hydrogens (tertiary/aromatic N) is 2. The third kappa shape index (κ3) is 5.26. The van der Waals surface area contributed by atoms with E-state index < -0.39 is 8.32 Å². The lowest BCUT2D eigenvalue weighted by Gasteiger charge is -2.43. The van der Waals surface area contributed by atoms with Crippen LogP contribution < -0.4 is 10.4 Å². The molecular weight excluding hydrogens is 452 g/mol. The first kappa shape index (κ1) is 24.9. The summed E-state index contributed by atoms with van der Waals surface area (Å²) in [4.78, 5) is 9.06. The summed E-state index contributed by atoms with van der Waals surface area (Å²) in [5.41, 5.74) is 3.35. The molecule has 0 atom stereocenters. The topological polar surface area (TPSA) is 75.5 Å². The van der Waals surface area contributed by atoms with Crippen molar-refractivity contribution >= 4 is 18.7 Å². The summed E-state index contributed by atoms with van der Waals surface area (Å²) >= 11 is 0. The third-order valence-corrected chi connectivity index (χ3v) is 11.2. The molecule has 180 valence electrons. The van der Waals surface area contributed by atoms with Crippen LogP contribution in [0.25, 0.3) is 11.4 Å². The van der Waals surface area contributed by atoms with Crippen LogP contribution in [0.5, 0.6) is 0 Å². The number of hydrogen-bond acceptors (Lipinski definition) is 5. The summed E-state index contributed by atoms with van der Waals surface area (Å²) in [5, 5.41) is 21.7. The van der Waals surface area contributed by atoms with Crippen LogP contribution in [0, 0.1) is 0 Å². The molecule has 2 N–H and O–H groups in total. The van der Waals surface area contributed by atoms with Crippen molar-refractivity contribution in [3.8, 4) is 11.4 Å². The van der Waals surface area contributed by atoms with Gasteiger partial charge in [-0.15, -0.1) is 0 Å². The lowest BCUT2D eigenvalue weighted by molar-refractivity contribution is 0.273. The van der Waals surface area contributed by atoms with Gasteiger partial charge in [-0.1, -0.05) is 87.5 Å². The average Bonchev–Trinajstić information content (AvgIpc) is 2.89. The number of rotatable bonds is 8. The molecule has 0 aliphatic carbocycles. The van der Waals surface area contributed by atoms with Crippen LogP contribution in [-0.2, 0) is 24.2 Å². The van der Waals surface area contributed by atoms with Gasteiger partial charge in [-0.05, 0) is 45.2 Å². The minimum Gasteiger partial charge on any atom is -0.403 e. The standard InChI is InChI=1S/C29H32N2O3Si/c1-29(2,3)35(25-12-6-4-7-13-25,26-14-8-5-9-15-26)34-21-22-17-24(20-33)31-28(18-22)27-16-10-11-23(19-32)30-27/h4-18,32-33H,19-21H2,1-3H3. The van der Waals surface area contributed by atoms with Gasteiger partial charge >= 0.3 is 0 Å². The van der Waals surface area contributed by atoms with Gasteiger partial charge in [-0.3, -0.25) is 0 Å². The summed E-state index contributed by atoms with van der Waals surface area (Å²) in [6, 6.07) is 30.4. The maximum atomic E-state index is 9.89. The van der Waals surface area contributed by atoms with Crippen LogP contribution >= 0.6 is 0 Å². The number of aliphatic hydroxyl groups excluding tert-OH is 2. The summed E-state index contributed by atoms with van der Waals surface area (Å²) < 4.78 is 7.06. The molecule has 4 aromatic rings. The van der Waals surface area contributed by atoms with E-state index in [1.807, 2.05) is 36.4 Å². The Labute approximate surface area is 208 Å². The molecule has 2 aromatic heterocycles. The summed E-state index contributed by atoms with van der Waals surface area (Å²) in [7, 11) is -2.70. The zero-order valence-electron chi connectivity index (χ0n) is 20.5. The van der Waals surface area contributed by atoms with Gasteiger partial charge in [0.1, 0.15) is 0 Å². The second-order valence-corrected chi connectivity index (χ2v) is 13.9. The highest BCUT2D eigenvalue weighted by molar-refractivity contribution is 6.99. The quantitative estimate of drug-likeness (QED) is 0.367. The molecule has 0 aliphatic heterocycles. The van der Waals surface area contributed by atoms with Gasteiger partial charge in [0.2, 0.25) is 0 Å². The van der Waals surface area contributed by atoms with Crippen molar-refractivity contribution in [3.63, 3.8) is 0 Å². The average molecular weight is 485 g/mol. The Bertz CT molecular complexity index is 1220. The number of hydrogen-bond donors (Lipinski definition) is 2. The molecule has 2 heterocycles. The van der Waals surface area contributed by atoms with Gasteiger partial charge in [-0.2, -0.15) is 0 Å². The molecule has 0 fully saturated rings. The molecule has 0 saturated carbocycles. The minimum absolute atomic E-state index is 0.137. The molecule has 0 saturated heterocycles. The van der Waals surface area contributed by atoms with E-state index in [1.54, 1.807) is 6.07 Å². The highest BCUT2D eigenvalue weighted by atomic mass is 28.4. The largest absolute Gasteiger partial charge is 0.403 e. The fourth-order valence-electron chi connectivity index (χ4n) is 4.61. The van der Waals surface area contributed by atoms with Crippen molar-refractivity contribution in [1.82, 2.24) is 9.97 Å². The number of benzene rings is 2. The summed E-state index contributed by atoms with van der Waals surface area (Å²) in [6.45, 7) is 6.80. The molecule has 0 spiro atoms. The molecule has 5 nitrogen and oxygen atoms in total. The predicted octanol–water partition coefficient (Wildman–Crippen LogP) is 4.20. The van der Waals surface area contributed by atoms with Crippen molar-refractivity contribution < 1.29 is 14.6 Å². The van der Waals surface area contributed by atoms with Crippen LogP contribution in [0.2, 0.25) is 5.04 Å². The van der Waals surface area contributed by atoms with Crippen LogP contribution in [0.15, 0.2) is 91.0 Å². The zero-order chi connectivity index (χ0) is 24.9. The Morgan fingerprint density at radius 2 is 1.26 bits per heavy atom. The number of aromatic nitrogens is 2. The van der Waals surface area contributed by atoms with Crippen LogP contribution in [0.4, 0.5) is 0 Å². The molecule has 35 heavy (non-hydrogen) atoms. The van der Waals surface area contributed by atoms with Gasteiger partial charge in [0.05, 0.1) is 42.6 Å². The lowest BCUT2D eigenvalue weighted by atomic mass is 10.1. The number of aliphatic hydroxyl groups is 2. The van der Waals surface area contributed by atoms with E-state index in [9.17, 15) is 10.2 Å². The van der Waals surface area contributed by atoms with Crippen molar-refractivity contribution in [1.29, 1.82) is 0 Å². The van der Waals surface area contributed by atoms with Gasteiger partial charge < -0.3 is 14.6 Å². The fourth-order valence-corrected chi connectivity index (χ4v) is 9.15. The Balaban J connectivity index is 1.78. The SMILES string of the molecule is CC(C)(C)[Si](OCc1cc(CO)nc(-c2cccc(CO)n2)c1)(c1ccccc1)c1ccccc1. The highest BCUT2D eigenvalue weighted by Crippen LogP contribution is 2.37. The first-order valence-corrected chi connectivity index (χ1v) is 13.7. The molecule has 6 heteroatoms. The van der Waals surface area contributed by atoms with Crippen molar-refractivity contribution in [3.05, 3.63) is 108 Å². The van der Waals surface area contributed by atoms with Crippen molar-refractivity contribution in [2.75, 3.05) is 0 Å². The number of pyridine rings is 2. The second kappa shape index (κ2) is 10.6. The second-order valence-electron chi connectivity index (χ2n) is 9.63. The molecule has 2 aromatic carbocycles. The van der Waals surface area contributed by atoms with E-state index in [1.165, 1.54) is 10.4 Å². The van der Waals surface area contributed by atoms with E-state index in [-0.39, 0.29) is 18.3 Å². The van der Waals surface area contributed by atoms with Gasteiger partial charge in [-0.25, -0.2) is 9.97 Å². The van der Waals surface area contributed by atoms with E-state index in [0.29, 0.717) is 29.4 Å². The summed E-state index contributed by atoms with van der Waals surface area (Å²) in [5.74, 6) is 0. The monoisotopic (exact) mass is 484 g/mol. The Morgan fingerprint density at radius 3 is 1.80 bits per heavy atom. The van der Waals surface area contributed by atoms with Crippen molar-refractivity contribution in [2.45, 2.75) is 45.6 Å². The molecule has 0 radical (unpaired) electrons. The van der Waals surface area contributed by atoms with Crippen LogP contribution in [0.1, 0.15) is 37.7 Å². The molecular formula is C29H32N2O3Si. The molecule has 0 bridgehead atoms. The Kier molecular flexibility index (Phi) is 7.57. The van der Waals surface area contributed by atoms with E-state index in [4.69, 9.17) is 4.43 Å². The van der Waals surface area contributed by atoms with Gasteiger partial charge in [0.15, 0.2) is 0 Å². The normalized spacial score (nSPS) is 12.0. The minimum atomic E-state index is -2.70. The maximum Gasteiger partial charge on any atom is 0.261 e. The zero-order valence-corrected chi connectivity index (χ0v) is 21.5. The maximum absolute atomic E-state index is 9.89. The smallest absolute Gasteiger partial charge is 0.261 e. The highest BCUT2D eigenvalue weighted by Gasteiger charge is 2.50. The Hall–Kier alpha value is -3.16. The lowest BCUT2D eigenvalue weighted by Crippen LogP contribution is -2.66. The summed E-state index contributed by atoms with van der Waals surface area (Å²) in [6.07, 6.45) is 0. The fraction of sp³-hybridized carbons (Fsp3) is 0.241. The third-order valence-electron chi connectivity index (χ3n) is 6.20. The van der Waals surface area contributed by atoms with E-state index in [2.05, 4.69) is 79.3 Å². The molecule has 0 amide bonds. The van der Waals surface area contributed by atoms with Crippen LogP contribution in [0.3, 0.4) is 0 Å². The molecule has 4 rings (SSSR count). The van der Waals surface area contributed by atoms with Gasteiger partial charge in [0, 0.05) is 0 Å². The van der Waals surface area contributed by atoms with Gasteiger partial charge in [0.25, 0.3) is 8.32 Å².